The summed E-state index contributed by atoms with van der Waals surface area (Å²) in [5.41, 5.74) is 0.113. The molecule has 0 saturated heterocycles. The molecular formula is C16H19N3O5S2. The molecule has 26 heavy (non-hydrogen) atoms. The summed E-state index contributed by atoms with van der Waals surface area (Å²) in [6, 6.07) is 5.54. The molecule has 0 atom stereocenters. The highest BCUT2D eigenvalue weighted by molar-refractivity contribution is 7.89. The molecule has 0 unspecified atom stereocenters. The number of thiazole rings is 1. The van der Waals surface area contributed by atoms with Crippen LogP contribution in [0.4, 0.5) is 0 Å². The summed E-state index contributed by atoms with van der Waals surface area (Å²) in [7, 11) is -2.21. The van der Waals surface area contributed by atoms with E-state index < -0.39 is 21.9 Å². The van der Waals surface area contributed by atoms with Gasteiger partial charge in [0.25, 0.3) is 5.91 Å². The third kappa shape index (κ3) is 4.45. The maximum absolute atomic E-state index is 12.5. The summed E-state index contributed by atoms with van der Waals surface area (Å²) in [5.74, 6) is -1.60. The molecule has 0 bridgehead atoms. The second-order valence-corrected chi connectivity index (χ2v) is 8.70. The fourth-order valence-corrected chi connectivity index (χ4v) is 4.11. The van der Waals surface area contributed by atoms with Crippen LogP contribution in [-0.4, -0.2) is 47.8 Å². The number of hydrogen-bond donors (Lipinski definition) is 2. The fourth-order valence-electron chi connectivity index (χ4n) is 1.99. The lowest BCUT2D eigenvalue weighted by atomic mass is 10.2. The van der Waals surface area contributed by atoms with Gasteiger partial charge in [0.05, 0.1) is 11.4 Å². The summed E-state index contributed by atoms with van der Waals surface area (Å²) in [6.07, 6.45) is 0. The topological polar surface area (TPSA) is 117 Å². The van der Waals surface area contributed by atoms with E-state index in [1.807, 2.05) is 0 Å². The average Bonchev–Trinajstić information content (AvgIpc) is 3.08. The van der Waals surface area contributed by atoms with Crippen molar-refractivity contribution in [2.24, 2.45) is 0 Å². The van der Waals surface area contributed by atoms with Gasteiger partial charge < -0.3 is 10.4 Å². The van der Waals surface area contributed by atoms with Gasteiger partial charge in [0.2, 0.25) is 10.0 Å². The summed E-state index contributed by atoms with van der Waals surface area (Å²) in [4.78, 5) is 27.0. The molecule has 0 saturated carbocycles. The van der Waals surface area contributed by atoms with Crippen molar-refractivity contribution in [2.75, 3.05) is 7.05 Å². The van der Waals surface area contributed by atoms with Crippen molar-refractivity contribution in [3.05, 3.63) is 45.9 Å². The van der Waals surface area contributed by atoms with Crippen LogP contribution in [0.25, 0.3) is 0 Å². The predicted octanol–water partition coefficient (Wildman–Crippen LogP) is 1.80. The molecule has 8 nitrogen and oxygen atoms in total. The molecule has 0 radical (unpaired) electrons. The van der Waals surface area contributed by atoms with Crippen molar-refractivity contribution >= 4 is 33.2 Å². The van der Waals surface area contributed by atoms with Crippen LogP contribution in [-0.2, 0) is 16.6 Å². The second-order valence-electron chi connectivity index (χ2n) is 5.76. The lowest BCUT2D eigenvalue weighted by molar-refractivity contribution is 0.0691. The van der Waals surface area contributed by atoms with E-state index in [4.69, 9.17) is 5.11 Å². The molecular weight excluding hydrogens is 378 g/mol. The standard InChI is InChI=1S/C16H19N3O5S2/c1-10(2)19(3)26(23,24)12-6-4-5-11(7-12)15(20)17-8-14-18-13(9-25-14)16(21)22/h4-7,9-10H,8H2,1-3H3,(H,17,20)(H,21,22). The Balaban J connectivity index is 2.13. The van der Waals surface area contributed by atoms with Crippen molar-refractivity contribution in [3.63, 3.8) is 0 Å². The van der Waals surface area contributed by atoms with E-state index in [0.29, 0.717) is 5.01 Å². The number of nitrogens with zero attached hydrogens (tertiary/aromatic N) is 2. The monoisotopic (exact) mass is 397 g/mol. The van der Waals surface area contributed by atoms with Gasteiger partial charge in [-0.15, -0.1) is 11.3 Å². The van der Waals surface area contributed by atoms with Crippen LogP contribution in [0.2, 0.25) is 0 Å². The molecule has 2 N–H and O–H groups in total. The number of aromatic carboxylic acids is 1. The molecule has 1 aromatic carbocycles. The van der Waals surface area contributed by atoms with Gasteiger partial charge in [0, 0.05) is 24.0 Å². The Bertz CT molecular complexity index is 921. The predicted molar refractivity (Wildman–Crippen MR) is 96.8 cm³/mol. The maximum Gasteiger partial charge on any atom is 0.355 e. The smallest absolute Gasteiger partial charge is 0.355 e. The van der Waals surface area contributed by atoms with E-state index in [9.17, 15) is 18.0 Å². The maximum atomic E-state index is 12.5. The minimum absolute atomic E-state index is 0.0313. The summed E-state index contributed by atoms with van der Waals surface area (Å²) in [5, 5.41) is 13.3. The SMILES string of the molecule is CC(C)N(C)S(=O)(=O)c1cccc(C(=O)NCc2nc(C(=O)O)cs2)c1. The van der Waals surface area contributed by atoms with Crippen LogP contribution in [0, 0.1) is 0 Å². The van der Waals surface area contributed by atoms with E-state index in [1.54, 1.807) is 13.8 Å². The van der Waals surface area contributed by atoms with Gasteiger partial charge in [0.15, 0.2) is 5.69 Å². The molecule has 2 rings (SSSR count). The third-order valence-electron chi connectivity index (χ3n) is 3.67. The van der Waals surface area contributed by atoms with E-state index in [-0.39, 0.29) is 28.7 Å². The van der Waals surface area contributed by atoms with Gasteiger partial charge in [-0.05, 0) is 32.0 Å². The first-order chi connectivity index (χ1) is 12.1. The molecule has 0 aliphatic rings. The van der Waals surface area contributed by atoms with Crippen LogP contribution >= 0.6 is 11.3 Å². The Hall–Kier alpha value is -2.30. The first-order valence-corrected chi connectivity index (χ1v) is 9.99. The van der Waals surface area contributed by atoms with Crippen molar-refractivity contribution in [1.82, 2.24) is 14.6 Å². The molecule has 1 aromatic heterocycles. The van der Waals surface area contributed by atoms with E-state index >= 15 is 0 Å². The normalized spacial score (nSPS) is 11.7. The summed E-state index contributed by atoms with van der Waals surface area (Å²) < 4.78 is 26.3. The zero-order chi connectivity index (χ0) is 19.5. The number of aromatic nitrogens is 1. The number of sulfonamides is 1. The highest BCUT2D eigenvalue weighted by atomic mass is 32.2. The lowest BCUT2D eigenvalue weighted by Crippen LogP contribution is -2.33. The molecule has 10 heteroatoms. The number of hydrogen-bond acceptors (Lipinski definition) is 6. The number of carbonyl (C=O) groups is 2. The highest BCUT2D eigenvalue weighted by Crippen LogP contribution is 2.18. The van der Waals surface area contributed by atoms with Crippen molar-refractivity contribution in [2.45, 2.75) is 31.3 Å². The first-order valence-electron chi connectivity index (χ1n) is 7.67. The van der Waals surface area contributed by atoms with Crippen LogP contribution in [0.15, 0.2) is 34.5 Å². The Morgan fingerprint density at radius 2 is 2.04 bits per heavy atom. The molecule has 1 heterocycles. The highest BCUT2D eigenvalue weighted by Gasteiger charge is 2.24. The Labute approximate surface area is 155 Å². The number of rotatable bonds is 7. The summed E-state index contributed by atoms with van der Waals surface area (Å²) in [6.45, 7) is 3.57. The number of amides is 1. The molecule has 1 amide bonds. The number of carboxylic acids is 1. The number of carbonyl (C=O) groups excluding carboxylic acids is 1. The van der Waals surface area contributed by atoms with Crippen molar-refractivity contribution in [1.29, 1.82) is 0 Å². The quantitative estimate of drug-likeness (QED) is 0.736. The molecule has 0 aliphatic heterocycles. The van der Waals surface area contributed by atoms with Crippen LogP contribution < -0.4 is 5.32 Å². The van der Waals surface area contributed by atoms with E-state index in [2.05, 4.69) is 10.3 Å². The minimum atomic E-state index is -3.69. The second kappa shape index (κ2) is 7.94. The zero-order valence-corrected chi connectivity index (χ0v) is 16.1. The lowest BCUT2D eigenvalue weighted by Gasteiger charge is -2.21. The molecule has 2 aromatic rings. The van der Waals surface area contributed by atoms with Gasteiger partial charge >= 0.3 is 5.97 Å². The Morgan fingerprint density at radius 1 is 1.35 bits per heavy atom. The van der Waals surface area contributed by atoms with Crippen LogP contribution in [0.3, 0.4) is 0 Å². The Kier molecular flexibility index (Phi) is 6.11. The number of carboxylic acid groups (broad SMARTS) is 1. The van der Waals surface area contributed by atoms with Gasteiger partial charge in [-0.2, -0.15) is 4.31 Å². The molecule has 140 valence electrons. The first kappa shape index (κ1) is 20.0. The Morgan fingerprint density at radius 3 is 2.62 bits per heavy atom. The molecule has 0 aliphatic carbocycles. The largest absolute Gasteiger partial charge is 0.476 e. The van der Waals surface area contributed by atoms with Gasteiger partial charge in [-0.3, -0.25) is 4.79 Å². The third-order valence-corrected chi connectivity index (χ3v) is 6.55. The summed E-state index contributed by atoms with van der Waals surface area (Å²) >= 11 is 1.12. The minimum Gasteiger partial charge on any atom is -0.476 e. The zero-order valence-electron chi connectivity index (χ0n) is 14.5. The molecule has 0 spiro atoms. The van der Waals surface area contributed by atoms with Crippen LogP contribution in [0.1, 0.15) is 39.7 Å². The van der Waals surface area contributed by atoms with E-state index in [1.165, 1.54) is 41.0 Å². The number of nitrogens with one attached hydrogen (secondary N) is 1. The van der Waals surface area contributed by atoms with Gasteiger partial charge in [0.1, 0.15) is 5.01 Å². The van der Waals surface area contributed by atoms with Gasteiger partial charge in [-0.1, -0.05) is 6.07 Å². The fraction of sp³-hybridized carbons (Fsp3) is 0.312. The number of benzene rings is 1. The van der Waals surface area contributed by atoms with E-state index in [0.717, 1.165) is 11.3 Å². The molecule has 0 fully saturated rings. The van der Waals surface area contributed by atoms with Gasteiger partial charge in [-0.25, -0.2) is 18.2 Å². The van der Waals surface area contributed by atoms with Crippen molar-refractivity contribution in [3.8, 4) is 0 Å². The van der Waals surface area contributed by atoms with Crippen LogP contribution in [0.5, 0.6) is 0 Å². The average molecular weight is 397 g/mol. The van der Waals surface area contributed by atoms with Crippen molar-refractivity contribution < 1.29 is 23.1 Å².